The highest BCUT2D eigenvalue weighted by molar-refractivity contribution is 5.93. The lowest BCUT2D eigenvalue weighted by Crippen LogP contribution is -2.40. The van der Waals surface area contributed by atoms with Gasteiger partial charge in [-0.3, -0.25) is 14.7 Å². The van der Waals surface area contributed by atoms with Gasteiger partial charge < -0.3 is 10.0 Å². The fourth-order valence-electron chi connectivity index (χ4n) is 3.22. The molecule has 0 bridgehead atoms. The van der Waals surface area contributed by atoms with Crippen LogP contribution in [0.1, 0.15) is 21.6 Å². The third-order valence-electron chi connectivity index (χ3n) is 4.67. The third kappa shape index (κ3) is 3.86. The highest BCUT2D eigenvalue weighted by Gasteiger charge is 2.37. The Hall–Kier alpha value is -2.31. The van der Waals surface area contributed by atoms with Crippen LogP contribution in [0.4, 0.5) is 4.39 Å². The molecule has 132 valence electrons. The van der Waals surface area contributed by atoms with E-state index < -0.39 is 6.10 Å². The van der Waals surface area contributed by atoms with Crippen LogP contribution in [0.25, 0.3) is 0 Å². The van der Waals surface area contributed by atoms with E-state index in [0.717, 1.165) is 11.1 Å². The smallest absolute Gasteiger partial charge is 0.272 e. The van der Waals surface area contributed by atoms with Gasteiger partial charge in [0.1, 0.15) is 11.5 Å². The number of carbonyl (C=O) groups is 1. The minimum atomic E-state index is -0.626. The summed E-state index contributed by atoms with van der Waals surface area (Å²) >= 11 is 0. The number of hydrogen-bond acceptors (Lipinski definition) is 4. The lowest BCUT2D eigenvalue weighted by atomic mass is 10.1. The normalized spacial score (nSPS) is 20.3. The molecule has 0 spiro atoms. The van der Waals surface area contributed by atoms with Crippen molar-refractivity contribution in [2.75, 3.05) is 20.1 Å². The number of aromatic nitrogens is 1. The van der Waals surface area contributed by atoms with Gasteiger partial charge in [-0.25, -0.2) is 4.39 Å². The van der Waals surface area contributed by atoms with E-state index >= 15 is 0 Å². The summed E-state index contributed by atoms with van der Waals surface area (Å²) in [5, 5.41) is 10.4. The number of amides is 1. The van der Waals surface area contributed by atoms with Gasteiger partial charge in [-0.1, -0.05) is 18.2 Å². The van der Waals surface area contributed by atoms with Crippen molar-refractivity contribution in [1.82, 2.24) is 14.8 Å². The molecule has 2 aromatic rings. The van der Waals surface area contributed by atoms with Crippen LogP contribution in [0.15, 0.2) is 42.6 Å². The number of β-amino-alcohol motifs (C(OH)–C–C–N with tert-alkyl or cyclic N) is 1. The first-order valence-electron chi connectivity index (χ1n) is 8.29. The molecule has 1 fully saturated rings. The third-order valence-corrected chi connectivity index (χ3v) is 4.67. The molecular weight excluding hydrogens is 321 g/mol. The topological polar surface area (TPSA) is 56.7 Å². The molecule has 5 nitrogen and oxygen atoms in total. The number of carbonyl (C=O) groups excluding carboxylic acids is 1. The van der Waals surface area contributed by atoms with Gasteiger partial charge in [0.25, 0.3) is 5.91 Å². The maximum atomic E-state index is 13.0. The van der Waals surface area contributed by atoms with Gasteiger partial charge in [-0.05, 0) is 43.3 Å². The minimum Gasteiger partial charge on any atom is -0.390 e. The summed E-state index contributed by atoms with van der Waals surface area (Å²) in [4.78, 5) is 20.5. The number of aliphatic hydroxyl groups is 1. The van der Waals surface area contributed by atoms with Crippen LogP contribution in [0.5, 0.6) is 0 Å². The standard InChI is InChI=1S/C19H22FN3O2/c1-13-4-3-9-21-18(13)19(25)23-11-16(17(24)12-23)22(2)10-14-5-7-15(20)8-6-14/h3-9,16-17,24H,10-12H2,1-2H3/t16-,17-/m1/s1. The fraction of sp³-hybridized carbons (Fsp3) is 0.368. The summed E-state index contributed by atoms with van der Waals surface area (Å²) in [6.45, 7) is 3.15. The molecule has 6 heteroatoms. The van der Waals surface area contributed by atoms with E-state index in [2.05, 4.69) is 4.98 Å². The van der Waals surface area contributed by atoms with Crippen molar-refractivity contribution >= 4 is 5.91 Å². The van der Waals surface area contributed by atoms with Crippen molar-refractivity contribution in [1.29, 1.82) is 0 Å². The van der Waals surface area contributed by atoms with Crippen molar-refractivity contribution in [2.45, 2.75) is 25.6 Å². The lowest BCUT2D eigenvalue weighted by molar-refractivity contribution is 0.0756. The Balaban J connectivity index is 1.67. The van der Waals surface area contributed by atoms with E-state index in [0.29, 0.717) is 18.8 Å². The molecule has 1 N–H and O–H groups in total. The van der Waals surface area contributed by atoms with Crippen molar-refractivity contribution in [3.8, 4) is 0 Å². The molecule has 3 rings (SSSR count). The Labute approximate surface area is 146 Å². The van der Waals surface area contributed by atoms with Gasteiger partial charge >= 0.3 is 0 Å². The second-order valence-electron chi connectivity index (χ2n) is 6.56. The van der Waals surface area contributed by atoms with E-state index in [-0.39, 0.29) is 24.3 Å². The second-order valence-corrected chi connectivity index (χ2v) is 6.56. The average molecular weight is 343 g/mol. The molecule has 2 heterocycles. The largest absolute Gasteiger partial charge is 0.390 e. The molecule has 25 heavy (non-hydrogen) atoms. The van der Waals surface area contributed by atoms with Gasteiger partial charge in [0, 0.05) is 25.8 Å². The number of benzene rings is 1. The summed E-state index contributed by atoms with van der Waals surface area (Å²) < 4.78 is 13.0. The number of aliphatic hydroxyl groups excluding tert-OH is 1. The highest BCUT2D eigenvalue weighted by Crippen LogP contribution is 2.20. The highest BCUT2D eigenvalue weighted by atomic mass is 19.1. The molecule has 0 saturated carbocycles. The quantitative estimate of drug-likeness (QED) is 0.920. The van der Waals surface area contributed by atoms with Crippen molar-refractivity contribution < 1.29 is 14.3 Å². The summed E-state index contributed by atoms with van der Waals surface area (Å²) in [6.07, 6.45) is 0.976. The van der Waals surface area contributed by atoms with Gasteiger partial charge in [0.2, 0.25) is 0 Å². The van der Waals surface area contributed by atoms with Crippen LogP contribution >= 0.6 is 0 Å². The molecule has 1 aromatic heterocycles. The SMILES string of the molecule is Cc1cccnc1C(=O)N1C[C@@H](O)[C@H](N(C)Cc2ccc(F)cc2)C1. The van der Waals surface area contributed by atoms with E-state index in [1.165, 1.54) is 12.1 Å². The van der Waals surface area contributed by atoms with E-state index in [4.69, 9.17) is 0 Å². The molecule has 2 atom stereocenters. The fourth-order valence-corrected chi connectivity index (χ4v) is 3.22. The summed E-state index contributed by atoms with van der Waals surface area (Å²) in [7, 11) is 1.90. The number of hydrogen-bond donors (Lipinski definition) is 1. The summed E-state index contributed by atoms with van der Waals surface area (Å²) in [6, 6.07) is 9.79. The molecule has 1 aromatic carbocycles. The van der Waals surface area contributed by atoms with Crippen LogP contribution in [0.3, 0.4) is 0 Å². The molecule has 0 aliphatic carbocycles. The van der Waals surface area contributed by atoms with Crippen LogP contribution in [0.2, 0.25) is 0 Å². The Kier molecular flexibility index (Phi) is 5.11. The van der Waals surface area contributed by atoms with Gasteiger partial charge in [-0.2, -0.15) is 0 Å². The molecule has 0 radical (unpaired) electrons. The lowest BCUT2D eigenvalue weighted by Gasteiger charge is -2.26. The van der Waals surface area contributed by atoms with Crippen molar-refractivity contribution in [3.63, 3.8) is 0 Å². The van der Waals surface area contributed by atoms with Gasteiger partial charge in [0.05, 0.1) is 12.1 Å². The maximum absolute atomic E-state index is 13.0. The first kappa shape index (κ1) is 17.5. The van der Waals surface area contributed by atoms with E-state index in [1.54, 1.807) is 29.3 Å². The first-order chi connectivity index (χ1) is 12.0. The van der Waals surface area contributed by atoms with Gasteiger partial charge in [0.15, 0.2) is 0 Å². The van der Waals surface area contributed by atoms with Crippen LogP contribution in [-0.2, 0) is 6.54 Å². The molecule has 1 saturated heterocycles. The zero-order valence-electron chi connectivity index (χ0n) is 14.4. The number of nitrogens with zero attached hydrogens (tertiary/aromatic N) is 3. The molecular formula is C19H22FN3O2. The first-order valence-corrected chi connectivity index (χ1v) is 8.29. The number of aryl methyl sites for hydroxylation is 1. The average Bonchev–Trinajstić information content (AvgIpc) is 2.99. The summed E-state index contributed by atoms with van der Waals surface area (Å²) in [5.74, 6) is -0.426. The zero-order valence-corrected chi connectivity index (χ0v) is 14.4. The molecule has 1 aliphatic heterocycles. The van der Waals surface area contributed by atoms with Crippen LogP contribution in [0, 0.1) is 12.7 Å². The molecule has 1 amide bonds. The van der Waals surface area contributed by atoms with E-state index in [1.807, 2.05) is 24.9 Å². The summed E-state index contributed by atoms with van der Waals surface area (Å²) in [5.41, 5.74) is 2.21. The number of likely N-dealkylation sites (tertiary alicyclic amines) is 1. The zero-order chi connectivity index (χ0) is 18.0. The molecule has 1 aliphatic rings. The number of rotatable bonds is 4. The van der Waals surface area contributed by atoms with Crippen molar-refractivity contribution in [3.05, 3.63) is 65.2 Å². The number of halogens is 1. The Morgan fingerprint density at radius 3 is 2.72 bits per heavy atom. The van der Waals surface area contributed by atoms with E-state index in [9.17, 15) is 14.3 Å². The second kappa shape index (κ2) is 7.29. The maximum Gasteiger partial charge on any atom is 0.272 e. The predicted octanol–water partition coefficient (Wildman–Crippen LogP) is 1.85. The number of likely N-dealkylation sites (N-methyl/N-ethyl adjacent to an activating group) is 1. The Bertz CT molecular complexity index is 751. The van der Waals surface area contributed by atoms with Crippen LogP contribution < -0.4 is 0 Å². The predicted molar refractivity (Wildman–Crippen MR) is 92.5 cm³/mol. The molecule has 0 unspecified atom stereocenters. The monoisotopic (exact) mass is 343 g/mol. The Morgan fingerprint density at radius 2 is 2.04 bits per heavy atom. The van der Waals surface area contributed by atoms with Crippen LogP contribution in [-0.4, -0.2) is 58.1 Å². The van der Waals surface area contributed by atoms with Crippen molar-refractivity contribution in [2.24, 2.45) is 0 Å². The number of pyridine rings is 1. The van der Waals surface area contributed by atoms with Gasteiger partial charge in [-0.15, -0.1) is 0 Å². The minimum absolute atomic E-state index is 0.158. The Morgan fingerprint density at radius 1 is 1.32 bits per heavy atom.